The third-order valence-corrected chi connectivity index (χ3v) is 9.95. The highest BCUT2D eigenvalue weighted by atomic mass is 32.2. The molecule has 136 valence electrons. The van der Waals surface area contributed by atoms with Gasteiger partial charge < -0.3 is 10.1 Å². The molecule has 1 spiro atoms. The summed E-state index contributed by atoms with van der Waals surface area (Å²) in [6.07, 6.45) is 6.06. The predicted molar refractivity (Wildman–Crippen MR) is 107 cm³/mol. The minimum absolute atomic E-state index is 0.150. The molecule has 1 aliphatic heterocycles. The summed E-state index contributed by atoms with van der Waals surface area (Å²) in [6.45, 7) is 2.58. The van der Waals surface area contributed by atoms with Crippen LogP contribution in [-0.4, -0.2) is 28.1 Å². The van der Waals surface area contributed by atoms with Crippen molar-refractivity contribution in [1.82, 2.24) is 0 Å². The van der Waals surface area contributed by atoms with E-state index in [4.69, 9.17) is 4.74 Å². The highest BCUT2D eigenvalue weighted by Crippen LogP contribution is 2.64. The van der Waals surface area contributed by atoms with Crippen LogP contribution in [0.5, 0.6) is 5.75 Å². The number of ether oxygens (including phenoxy) is 1. The van der Waals surface area contributed by atoms with Gasteiger partial charge in [0.05, 0.1) is 16.4 Å². The van der Waals surface area contributed by atoms with E-state index in [1.807, 2.05) is 31.2 Å². The molecule has 1 heterocycles. The van der Waals surface area contributed by atoms with Crippen LogP contribution in [0.4, 0.5) is 5.69 Å². The monoisotopic (exact) mass is 377 g/mol. The third kappa shape index (κ3) is 3.30. The molecule has 5 heteroatoms. The van der Waals surface area contributed by atoms with Gasteiger partial charge in [-0.3, -0.25) is 4.79 Å². The Labute approximate surface area is 159 Å². The van der Waals surface area contributed by atoms with Crippen molar-refractivity contribution < 1.29 is 9.53 Å². The normalized spacial score (nSPS) is 30.2. The summed E-state index contributed by atoms with van der Waals surface area (Å²) in [5, 5.41) is 3.16. The average Bonchev–Trinajstić information content (AvgIpc) is 3.06. The summed E-state index contributed by atoms with van der Waals surface area (Å²) in [4.78, 5) is 13.0. The molecule has 0 radical (unpaired) electrons. The van der Waals surface area contributed by atoms with Crippen LogP contribution in [0.25, 0.3) is 0 Å². The SMILES string of the molecule is CCOc1ccccc1NC(=O)C1C[C@H]2CCC[C@@H](C1)C21SCCS1. The van der Waals surface area contributed by atoms with Crippen LogP contribution in [0.2, 0.25) is 0 Å². The molecule has 25 heavy (non-hydrogen) atoms. The van der Waals surface area contributed by atoms with Crippen molar-refractivity contribution >= 4 is 35.1 Å². The topological polar surface area (TPSA) is 38.3 Å². The third-order valence-electron chi connectivity index (χ3n) is 5.94. The number of rotatable bonds is 4. The maximum absolute atomic E-state index is 13.0. The van der Waals surface area contributed by atoms with Crippen molar-refractivity contribution in [2.45, 2.75) is 43.1 Å². The number of amides is 1. The number of para-hydroxylation sites is 2. The first-order valence-electron chi connectivity index (χ1n) is 9.53. The quantitative estimate of drug-likeness (QED) is 0.799. The number of benzene rings is 1. The summed E-state index contributed by atoms with van der Waals surface area (Å²) in [5.41, 5.74) is 0.810. The second-order valence-electron chi connectivity index (χ2n) is 7.33. The molecule has 1 aromatic rings. The molecule has 1 N–H and O–H groups in total. The standard InChI is InChI=1S/C20H27NO2S2/c1-2-23-18-9-4-3-8-17(18)21-19(22)14-12-15-6-5-7-16(13-14)20(15)24-10-11-25-20/h3-4,8-9,14-16H,2,5-7,10-13H2,1H3,(H,21,22)/t14?,15-,16+. The average molecular weight is 378 g/mol. The van der Waals surface area contributed by atoms with Crippen LogP contribution in [-0.2, 0) is 4.79 Å². The largest absolute Gasteiger partial charge is 0.492 e. The summed E-state index contributed by atoms with van der Waals surface area (Å²) < 4.78 is 6.08. The summed E-state index contributed by atoms with van der Waals surface area (Å²) in [5.74, 6) is 5.09. The fourth-order valence-electron chi connectivity index (χ4n) is 4.91. The molecule has 0 aromatic heterocycles. The van der Waals surface area contributed by atoms with E-state index in [1.54, 1.807) is 0 Å². The number of thioether (sulfide) groups is 2. The van der Waals surface area contributed by atoms with E-state index in [-0.39, 0.29) is 11.8 Å². The number of carbonyl (C=O) groups excluding carboxylic acids is 1. The molecule has 3 nitrogen and oxygen atoms in total. The first-order chi connectivity index (χ1) is 12.2. The van der Waals surface area contributed by atoms with Gasteiger partial charge in [0.25, 0.3) is 0 Å². The molecule has 1 unspecified atom stereocenters. The molecule has 2 aliphatic carbocycles. The van der Waals surface area contributed by atoms with Crippen molar-refractivity contribution in [1.29, 1.82) is 0 Å². The second kappa shape index (κ2) is 7.43. The van der Waals surface area contributed by atoms with Crippen LogP contribution < -0.4 is 10.1 Å². The lowest BCUT2D eigenvalue weighted by Crippen LogP contribution is -2.48. The second-order valence-corrected chi connectivity index (χ2v) is 10.3. The van der Waals surface area contributed by atoms with Gasteiger partial charge in [-0.2, -0.15) is 0 Å². The Morgan fingerprint density at radius 1 is 1.20 bits per heavy atom. The zero-order valence-corrected chi connectivity index (χ0v) is 16.5. The van der Waals surface area contributed by atoms with Crippen molar-refractivity contribution in [3.05, 3.63) is 24.3 Å². The van der Waals surface area contributed by atoms with Crippen LogP contribution in [0.3, 0.4) is 0 Å². The summed E-state index contributed by atoms with van der Waals surface area (Å²) >= 11 is 4.39. The van der Waals surface area contributed by atoms with Crippen molar-refractivity contribution in [2.24, 2.45) is 17.8 Å². The van der Waals surface area contributed by atoms with Crippen molar-refractivity contribution in [2.75, 3.05) is 23.4 Å². The van der Waals surface area contributed by atoms with Gasteiger partial charge in [0.2, 0.25) is 5.91 Å². The highest BCUT2D eigenvalue weighted by molar-refractivity contribution is 8.21. The molecule has 4 rings (SSSR count). The molecular formula is C20H27NO2S2. The molecule has 1 aromatic carbocycles. The Kier molecular flexibility index (Phi) is 5.23. The lowest BCUT2D eigenvalue weighted by molar-refractivity contribution is -0.122. The van der Waals surface area contributed by atoms with Gasteiger partial charge >= 0.3 is 0 Å². The molecule has 2 saturated carbocycles. The van der Waals surface area contributed by atoms with Crippen molar-refractivity contribution in [3.8, 4) is 5.75 Å². The Bertz CT molecular complexity index is 614. The minimum Gasteiger partial charge on any atom is -0.492 e. The highest BCUT2D eigenvalue weighted by Gasteiger charge is 2.55. The molecule has 1 amide bonds. The van der Waals surface area contributed by atoms with Gasteiger partial charge in [-0.15, -0.1) is 23.5 Å². The van der Waals surface area contributed by atoms with E-state index in [1.165, 1.54) is 30.8 Å². The predicted octanol–water partition coefficient (Wildman–Crippen LogP) is 5.03. The van der Waals surface area contributed by atoms with Crippen LogP contribution in [0.15, 0.2) is 24.3 Å². The summed E-state index contributed by atoms with van der Waals surface area (Å²) in [7, 11) is 0. The van der Waals surface area contributed by atoms with E-state index in [2.05, 4.69) is 28.8 Å². The van der Waals surface area contributed by atoms with Gasteiger partial charge in [-0.05, 0) is 56.6 Å². The minimum atomic E-state index is 0.150. The number of hydrogen-bond acceptors (Lipinski definition) is 4. The van der Waals surface area contributed by atoms with Crippen molar-refractivity contribution in [3.63, 3.8) is 0 Å². The molecular weight excluding hydrogens is 350 g/mol. The Morgan fingerprint density at radius 2 is 1.88 bits per heavy atom. The maximum atomic E-state index is 13.0. The number of carbonyl (C=O) groups is 1. The Balaban J connectivity index is 1.47. The fourth-order valence-corrected chi connectivity index (χ4v) is 8.85. The molecule has 3 atom stereocenters. The fraction of sp³-hybridized carbons (Fsp3) is 0.650. The van der Waals surface area contributed by atoms with E-state index < -0.39 is 0 Å². The van der Waals surface area contributed by atoms with E-state index in [0.29, 0.717) is 22.5 Å². The van der Waals surface area contributed by atoms with Crippen LogP contribution in [0.1, 0.15) is 39.0 Å². The lowest BCUT2D eigenvalue weighted by Gasteiger charge is -2.52. The van der Waals surface area contributed by atoms with Gasteiger partial charge in [-0.25, -0.2) is 0 Å². The smallest absolute Gasteiger partial charge is 0.227 e. The zero-order chi connectivity index (χ0) is 17.3. The van der Waals surface area contributed by atoms with Crippen LogP contribution >= 0.6 is 23.5 Å². The molecule has 3 fully saturated rings. The van der Waals surface area contributed by atoms with Gasteiger partial charge in [0, 0.05) is 17.4 Å². The first-order valence-corrected chi connectivity index (χ1v) is 11.5. The maximum Gasteiger partial charge on any atom is 0.227 e. The molecule has 2 bridgehead atoms. The van der Waals surface area contributed by atoms with Gasteiger partial charge in [0.1, 0.15) is 5.75 Å². The zero-order valence-electron chi connectivity index (χ0n) is 14.8. The summed E-state index contributed by atoms with van der Waals surface area (Å²) in [6, 6.07) is 7.77. The van der Waals surface area contributed by atoms with E-state index in [0.717, 1.165) is 24.3 Å². The Hall–Kier alpha value is -0.810. The van der Waals surface area contributed by atoms with E-state index >= 15 is 0 Å². The van der Waals surface area contributed by atoms with Gasteiger partial charge in [0.15, 0.2) is 0 Å². The Morgan fingerprint density at radius 3 is 2.56 bits per heavy atom. The van der Waals surface area contributed by atoms with Crippen LogP contribution in [0, 0.1) is 17.8 Å². The first kappa shape index (κ1) is 17.6. The lowest BCUT2D eigenvalue weighted by atomic mass is 9.67. The van der Waals surface area contributed by atoms with E-state index in [9.17, 15) is 4.79 Å². The van der Waals surface area contributed by atoms with Gasteiger partial charge in [-0.1, -0.05) is 18.6 Å². The molecule has 1 saturated heterocycles. The number of anilines is 1. The number of nitrogens with one attached hydrogen (secondary N) is 1. The number of hydrogen-bond donors (Lipinski definition) is 1. The molecule has 3 aliphatic rings.